The molecule has 4 nitrogen and oxygen atoms in total. The Morgan fingerprint density at radius 1 is 1.45 bits per heavy atom. The highest BCUT2D eigenvalue weighted by atomic mass is 35.5. The van der Waals surface area contributed by atoms with Gasteiger partial charge in [0.25, 0.3) is 5.91 Å². The quantitative estimate of drug-likeness (QED) is 0.754. The van der Waals surface area contributed by atoms with E-state index in [4.69, 9.17) is 28.5 Å². The summed E-state index contributed by atoms with van der Waals surface area (Å²) < 4.78 is 1.85. The van der Waals surface area contributed by atoms with Crippen molar-refractivity contribution >= 4 is 52.2 Å². The normalized spacial score (nSPS) is 11.4. The van der Waals surface area contributed by atoms with E-state index in [1.165, 1.54) is 23.1 Å². The van der Waals surface area contributed by atoms with Gasteiger partial charge in [0.15, 0.2) is 4.80 Å². The van der Waals surface area contributed by atoms with E-state index in [-0.39, 0.29) is 17.4 Å². The van der Waals surface area contributed by atoms with Gasteiger partial charge in [-0.1, -0.05) is 29.3 Å². The van der Waals surface area contributed by atoms with Crippen molar-refractivity contribution in [3.8, 4) is 6.07 Å². The summed E-state index contributed by atoms with van der Waals surface area (Å²) in [6.45, 7) is 0.511. The Balaban J connectivity index is 2.15. The third-order valence-electron chi connectivity index (χ3n) is 2.63. The van der Waals surface area contributed by atoms with Gasteiger partial charge in [0.05, 0.1) is 24.1 Å². The number of nitriles is 1. The van der Waals surface area contributed by atoms with E-state index in [1.807, 2.05) is 28.3 Å². The van der Waals surface area contributed by atoms with Crippen molar-refractivity contribution in [2.75, 3.05) is 11.5 Å². The van der Waals surface area contributed by atoms with Crippen LogP contribution in [0, 0.1) is 11.3 Å². The van der Waals surface area contributed by atoms with E-state index in [0.29, 0.717) is 21.4 Å². The fourth-order valence-electron chi connectivity index (χ4n) is 1.66. The van der Waals surface area contributed by atoms with E-state index in [2.05, 4.69) is 4.99 Å². The summed E-state index contributed by atoms with van der Waals surface area (Å²) in [5.41, 5.74) is 0.900. The molecular weight excluding hydrogens is 361 g/mol. The molecule has 0 aliphatic carbocycles. The lowest BCUT2D eigenvalue weighted by molar-refractivity contribution is -0.115. The molecule has 22 heavy (non-hydrogen) atoms. The second-order valence-corrected chi connectivity index (χ2v) is 6.91. The van der Waals surface area contributed by atoms with Crippen molar-refractivity contribution in [3.63, 3.8) is 0 Å². The monoisotopic (exact) mass is 371 g/mol. The number of hydrogen-bond acceptors (Lipinski definition) is 4. The first-order chi connectivity index (χ1) is 10.6. The maximum Gasteiger partial charge on any atom is 0.258 e. The molecule has 0 saturated carbocycles. The van der Waals surface area contributed by atoms with E-state index in [9.17, 15) is 4.79 Å². The lowest BCUT2D eigenvalue weighted by Gasteiger charge is -2.06. The number of carbonyl (C=O) groups is 1. The molecule has 0 bridgehead atoms. The SMILES string of the molecule is N#CCSCC(=O)N=c1sccn1Cc1ccc(Cl)cc1Cl. The van der Waals surface area contributed by atoms with Crippen LogP contribution in [0.15, 0.2) is 34.8 Å². The third kappa shape index (κ3) is 4.89. The summed E-state index contributed by atoms with van der Waals surface area (Å²) in [5, 5.41) is 11.5. The van der Waals surface area contributed by atoms with Crippen molar-refractivity contribution in [1.82, 2.24) is 4.57 Å². The summed E-state index contributed by atoms with van der Waals surface area (Å²) in [5.74, 6) is 0.234. The molecule has 0 saturated heterocycles. The lowest BCUT2D eigenvalue weighted by atomic mass is 10.2. The molecule has 0 fully saturated rings. The van der Waals surface area contributed by atoms with Crippen LogP contribution in [0.3, 0.4) is 0 Å². The molecule has 1 amide bonds. The van der Waals surface area contributed by atoms with Gasteiger partial charge in [0, 0.05) is 21.6 Å². The van der Waals surface area contributed by atoms with Crippen LogP contribution in [0.1, 0.15) is 5.56 Å². The highest BCUT2D eigenvalue weighted by Gasteiger charge is 2.05. The van der Waals surface area contributed by atoms with Crippen molar-refractivity contribution in [2.24, 2.45) is 4.99 Å². The van der Waals surface area contributed by atoms with Crippen LogP contribution in [-0.4, -0.2) is 22.0 Å². The fraction of sp³-hybridized carbons (Fsp3) is 0.214. The Kier molecular flexibility index (Phi) is 6.52. The zero-order valence-corrected chi connectivity index (χ0v) is 14.5. The number of hydrogen-bond donors (Lipinski definition) is 0. The number of thiazole rings is 1. The zero-order chi connectivity index (χ0) is 15.9. The van der Waals surface area contributed by atoms with Crippen molar-refractivity contribution in [1.29, 1.82) is 5.26 Å². The molecule has 1 heterocycles. The first-order valence-electron chi connectivity index (χ1n) is 6.20. The molecule has 0 aliphatic heterocycles. The number of halogens is 2. The van der Waals surface area contributed by atoms with Gasteiger partial charge in [0.2, 0.25) is 0 Å². The summed E-state index contributed by atoms with van der Waals surface area (Å²) in [6, 6.07) is 7.29. The number of aromatic nitrogens is 1. The lowest BCUT2D eigenvalue weighted by Crippen LogP contribution is -2.17. The molecule has 1 aromatic heterocycles. The van der Waals surface area contributed by atoms with Gasteiger partial charge >= 0.3 is 0 Å². The van der Waals surface area contributed by atoms with Crippen molar-refractivity contribution in [3.05, 3.63) is 50.2 Å². The Hall–Kier alpha value is -1.26. The van der Waals surface area contributed by atoms with Gasteiger partial charge in [0.1, 0.15) is 0 Å². The number of amides is 1. The van der Waals surface area contributed by atoms with E-state index >= 15 is 0 Å². The minimum Gasteiger partial charge on any atom is -0.319 e. The molecule has 114 valence electrons. The van der Waals surface area contributed by atoms with Gasteiger partial charge in [-0.05, 0) is 17.7 Å². The Bertz CT molecular complexity index is 777. The Morgan fingerprint density at radius 3 is 3.00 bits per heavy atom. The van der Waals surface area contributed by atoms with Crippen LogP contribution in [0.25, 0.3) is 0 Å². The topological polar surface area (TPSA) is 58.1 Å². The smallest absolute Gasteiger partial charge is 0.258 e. The molecule has 0 spiro atoms. The first kappa shape index (κ1) is 17.1. The molecule has 0 aliphatic rings. The van der Waals surface area contributed by atoms with Crippen LogP contribution >= 0.6 is 46.3 Å². The second-order valence-electron chi connectivity index (χ2n) is 4.21. The minimum absolute atomic E-state index is 0.202. The van der Waals surface area contributed by atoms with Crippen molar-refractivity contribution < 1.29 is 4.79 Å². The van der Waals surface area contributed by atoms with Gasteiger partial charge in [-0.15, -0.1) is 23.1 Å². The Morgan fingerprint density at radius 2 is 2.27 bits per heavy atom. The van der Waals surface area contributed by atoms with E-state index < -0.39 is 0 Å². The molecule has 0 atom stereocenters. The number of thioether (sulfide) groups is 1. The predicted molar refractivity (Wildman–Crippen MR) is 91.4 cm³/mol. The summed E-state index contributed by atoms with van der Waals surface area (Å²) in [6.07, 6.45) is 1.85. The summed E-state index contributed by atoms with van der Waals surface area (Å²) in [4.78, 5) is 16.4. The highest BCUT2D eigenvalue weighted by molar-refractivity contribution is 8.00. The standard InChI is InChI=1S/C14H11Cl2N3OS2/c15-11-2-1-10(12(16)7-11)8-19-4-6-22-14(19)18-13(20)9-21-5-3-17/h1-2,4,6-7H,5,8-9H2. The molecular formula is C14H11Cl2N3OS2. The number of benzene rings is 1. The van der Waals surface area contributed by atoms with Gasteiger partial charge in [-0.25, -0.2) is 0 Å². The van der Waals surface area contributed by atoms with Crippen LogP contribution < -0.4 is 4.80 Å². The van der Waals surface area contributed by atoms with Gasteiger partial charge < -0.3 is 4.57 Å². The zero-order valence-electron chi connectivity index (χ0n) is 11.3. The average molecular weight is 372 g/mol. The van der Waals surface area contributed by atoms with Gasteiger partial charge in [-0.2, -0.15) is 10.3 Å². The van der Waals surface area contributed by atoms with Crippen LogP contribution in [0.4, 0.5) is 0 Å². The first-order valence-corrected chi connectivity index (χ1v) is 8.99. The minimum atomic E-state index is -0.251. The largest absolute Gasteiger partial charge is 0.319 e. The molecule has 8 heteroatoms. The summed E-state index contributed by atoms with van der Waals surface area (Å²) >= 11 is 14.7. The van der Waals surface area contributed by atoms with E-state index in [0.717, 1.165) is 5.56 Å². The summed E-state index contributed by atoms with van der Waals surface area (Å²) in [7, 11) is 0. The van der Waals surface area contributed by atoms with Crippen molar-refractivity contribution in [2.45, 2.75) is 6.54 Å². The highest BCUT2D eigenvalue weighted by Crippen LogP contribution is 2.21. The van der Waals surface area contributed by atoms with E-state index in [1.54, 1.807) is 12.1 Å². The maximum atomic E-state index is 11.8. The molecule has 2 aromatic rings. The second kappa shape index (κ2) is 8.39. The Labute approximate surface area is 146 Å². The predicted octanol–water partition coefficient (Wildman–Crippen LogP) is 3.59. The molecule has 2 rings (SSSR count). The average Bonchev–Trinajstić information content (AvgIpc) is 2.89. The fourth-order valence-corrected chi connectivity index (χ4v) is 3.31. The van der Waals surface area contributed by atoms with Gasteiger partial charge in [-0.3, -0.25) is 4.79 Å². The van der Waals surface area contributed by atoms with Crippen LogP contribution in [0.5, 0.6) is 0 Å². The number of rotatable bonds is 5. The maximum absolute atomic E-state index is 11.8. The molecule has 0 N–H and O–H groups in total. The number of nitrogens with zero attached hydrogens (tertiary/aromatic N) is 3. The third-order valence-corrected chi connectivity index (χ3v) is 4.79. The van der Waals surface area contributed by atoms with Crippen LogP contribution in [0.2, 0.25) is 10.0 Å². The molecule has 1 aromatic carbocycles. The molecule has 0 radical (unpaired) electrons. The van der Waals surface area contributed by atoms with Crippen LogP contribution in [-0.2, 0) is 11.3 Å². The number of carbonyl (C=O) groups excluding carboxylic acids is 1. The molecule has 0 unspecified atom stereocenters.